The van der Waals surface area contributed by atoms with E-state index in [1.807, 2.05) is 0 Å². The Hall–Kier alpha value is -1.06. The maximum atomic E-state index is 10.2. The number of hydrogen-bond acceptors (Lipinski definition) is 2. The number of carboxylic acid groups (broad SMARTS) is 1. The molecule has 1 N–H and O–H groups in total. The smallest absolute Gasteiger partial charge is 0.414 e. The van der Waals surface area contributed by atoms with Crippen molar-refractivity contribution in [2.24, 2.45) is 0 Å². The van der Waals surface area contributed by atoms with E-state index in [-0.39, 0.29) is 5.91 Å². The summed E-state index contributed by atoms with van der Waals surface area (Å²) in [5, 5.41) is 8.11. The molecule has 44 valence electrons. The van der Waals surface area contributed by atoms with Crippen LogP contribution in [0, 0.1) is 0 Å². The van der Waals surface area contributed by atoms with E-state index in [1.54, 1.807) is 0 Å². The Morgan fingerprint density at radius 1 is 1.75 bits per heavy atom. The molecule has 1 aliphatic heterocycles. The van der Waals surface area contributed by atoms with Crippen molar-refractivity contribution in [3.8, 4) is 0 Å². The zero-order valence-corrected chi connectivity index (χ0v) is 4.13. The molecule has 0 saturated carbocycles. The highest BCUT2D eigenvalue weighted by molar-refractivity contribution is 5.95. The number of likely N-dealkylation sites (tertiary alicyclic amines) is 1. The van der Waals surface area contributed by atoms with Crippen LogP contribution >= 0.6 is 0 Å². The van der Waals surface area contributed by atoms with E-state index < -0.39 is 6.09 Å². The first kappa shape index (κ1) is 5.08. The molecule has 8 heavy (non-hydrogen) atoms. The normalized spacial score (nSPS) is 18.0. The van der Waals surface area contributed by atoms with Crippen LogP contribution < -0.4 is 0 Å². The van der Waals surface area contributed by atoms with Crippen LogP contribution in [-0.4, -0.2) is 28.6 Å². The van der Waals surface area contributed by atoms with Gasteiger partial charge < -0.3 is 5.11 Å². The van der Waals surface area contributed by atoms with E-state index in [9.17, 15) is 9.59 Å². The molecule has 4 heteroatoms. The van der Waals surface area contributed by atoms with Gasteiger partial charge in [-0.15, -0.1) is 0 Å². The average Bonchev–Trinajstić information content (AvgIpc) is 1.61. The summed E-state index contributed by atoms with van der Waals surface area (Å²) in [4.78, 5) is 20.9. The Morgan fingerprint density at radius 2 is 2.38 bits per heavy atom. The standard InChI is InChI=1S/C4H5NO3/c6-3-1-2-5(3)4(7)8/h1-2H2,(H,7,8). The SMILES string of the molecule is O=C(O)N1CCC1=O. The summed E-state index contributed by atoms with van der Waals surface area (Å²) in [7, 11) is 0. The van der Waals surface area contributed by atoms with E-state index in [4.69, 9.17) is 5.11 Å². The molecule has 0 aliphatic carbocycles. The molecule has 0 bridgehead atoms. The predicted molar refractivity (Wildman–Crippen MR) is 24.4 cm³/mol. The summed E-state index contributed by atoms with van der Waals surface area (Å²) in [6, 6.07) is 0. The van der Waals surface area contributed by atoms with Gasteiger partial charge in [-0.1, -0.05) is 0 Å². The van der Waals surface area contributed by atoms with Crippen LogP contribution in [0.2, 0.25) is 0 Å². The molecular formula is C4H5NO3. The Balaban J connectivity index is 2.49. The monoisotopic (exact) mass is 115 g/mol. The van der Waals surface area contributed by atoms with Crippen LogP contribution in [0.4, 0.5) is 4.79 Å². The Kier molecular flexibility index (Phi) is 0.932. The molecule has 0 aromatic heterocycles. The second kappa shape index (κ2) is 1.47. The highest BCUT2D eigenvalue weighted by Crippen LogP contribution is 2.06. The fraction of sp³-hybridized carbons (Fsp3) is 0.500. The molecule has 0 atom stereocenters. The summed E-state index contributed by atoms with van der Waals surface area (Å²) < 4.78 is 0. The Morgan fingerprint density at radius 3 is 2.38 bits per heavy atom. The molecule has 1 saturated heterocycles. The first-order valence-corrected chi connectivity index (χ1v) is 2.25. The minimum absolute atomic E-state index is 0.294. The van der Waals surface area contributed by atoms with Gasteiger partial charge in [0.25, 0.3) is 0 Å². The third-order valence-corrected chi connectivity index (χ3v) is 1.08. The van der Waals surface area contributed by atoms with Gasteiger partial charge in [-0.3, -0.25) is 4.79 Å². The molecule has 0 unspecified atom stereocenters. The fourth-order valence-electron chi connectivity index (χ4n) is 0.517. The van der Waals surface area contributed by atoms with Crippen molar-refractivity contribution >= 4 is 12.0 Å². The van der Waals surface area contributed by atoms with Gasteiger partial charge in [0.2, 0.25) is 5.91 Å². The van der Waals surface area contributed by atoms with Crippen molar-refractivity contribution < 1.29 is 14.7 Å². The van der Waals surface area contributed by atoms with Crippen molar-refractivity contribution in [2.75, 3.05) is 6.54 Å². The summed E-state index contributed by atoms with van der Waals surface area (Å²) in [6.07, 6.45) is -0.756. The summed E-state index contributed by atoms with van der Waals surface area (Å²) in [5.41, 5.74) is 0. The topological polar surface area (TPSA) is 57.6 Å². The van der Waals surface area contributed by atoms with E-state index in [1.165, 1.54) is 0 Å². The van der Waals surface area contributed by atoms with Gasteiger partial charge in [0.15, 0.2) is 0 Å². The maximum Gasteiger partial charge on any atom is 0.414 e. The van der Waals surface area contributed by atoms with Crippen molar-refractivity contribution in [1.82, 2.24) is 4.90 Å². The molecule has 1 aliphatic rings. The molecule has 0 aromatic carbocycles. The quantitative estimate of drug-likeness (QED) is 0.448. The molecule has 1 heterocycles. The minimum atomic E-state index is -1.14. The Labute approximate surface area is 45.7 Å². The first-order chi connectivity index (χ1) is 3.72. The number of carbonyl (C=O) groups excluding carboxylic acids is 1. The van der Waals surface area contributed by atoms with Crippen molar-refractivity contribution in [3.63, 3.8) is 0 Å². The van der Waals surface area contributed by atoms with Gasteiger partial charge in [0, 0.05) is 13.0 Å². The van der Waals surface area contributed by atoms with Crippen LogP contribution in [0.3, 0.4) is 0 Å². The number of carbonyl (C=O) groups is 2. The molecule has 1 rings (SSSR count). The van der Waals surface area contributed by atoms with Gasteiger partial charge in [-0.2, -0.15) is 0 Å². The van der Waals surface area contributed by atoms with E-state index >= 15 is 0 Å². The Bertz CT molecular complexity index is 134. The maximum absolute atomic E-state index is 10.2. The highest BCUT2D eigenvalue weighted by atomic mass is 16.4. The van der Waals surface area contributed by atoms with Crippen LogP contribution in [0.25, 0.3) is 0 Å². The van der Waals surface area contributed by atoms with Crippen molar-refractivity contribution in [1.29, 1.82) is 0 Å². The molecule has 4 nitrogen and oxygen atoms in total. The van der Waals surface area contributed by atoms with Crippen LogP contribution in [0.5, 0.6) is 0 Å². The lowest BCUT2D eigenvalue weighted by Crippen LogP contribution is -2.46. The lowest BCUT2D eigenvalue weighted by molar-refractivity contribution is -0.136. The summed E-state index contributed by atoms with van der Waals surface area (Å²) in [5.74, 6) is -0.294. The van der Waals surface area contributed by atoms with Gasteiger partial charge in [-0.05, 0) is 0 Å². The first-order valence-electron chi connectivity index (χ1n) is 2.25. The minimum Gasteiger partial charge on any atom is -0.465 e. The third kappa shape index (κ3) is 0.538. The van der Waals surface area contributed by atoms with Gasteiger partial charge in [0.1, 0.15) is 0 Å². The zero-order chi connectivity index (χ0) is 6.15. The average molecular weight is 115 g/mol. The largest absolute Gasteiger partial charge is 0.465 e. The van der Waals surface area contributed by atoms with Gasteiger partial charge in [-0.25, -0.2) is 9.69 Å². The molecule has 0 aromatic rings. The van der Waals surface area contributed by atoms with Crippen molar-refractivity contribution in [2.45, 2.75) is 6.42 Å². The van der Waals surface area contributed by atoms with Gasteiger partial charge in [0.05, 0.1) is 0 Å². The fourth-order valence-corrected chi connectivity index (χ4v) is 0.517. The second-order valence-electron chi connectivity index (χ2n) is 1.58. The molecular weight excluding hydrogens is 110 g/mol. The molecule has 0 radical (unpaired) electrons. The third-order valence-electron chi connectivity index (χ3n) is 1.08. The highest BCUT2D eigenvalue weighted by Gasteiger charge is 2.29. The number of nitrogens with zero attached hydrogens (tertiary/aromatic N) is 1. The molecule has 0 spiro atoms. The number of hydrogen-bond donors (Lipinski definition) is 1. The number of rotatable bonds is 0. The molecule has 1 fully saturated rings. The second-order valence-corrected chi connectivity index (χ2v) is 1.58. The lowest BCUT2D eigenvalue weighted by Gasteiger charge is -2.24. The van der Waals surface area contributed by atoms with Gasteiger partial charge >= 0.3 is 6.09 Å². The van der Waals surface area contributed by atoms with E-state index in [0.29, 0.717) is 13.0 Å². The van der Waals surface area contributed by atoms with Crippen LogP contribution in [0.1, 0.15) is 6.42 Å². The van der Waals surface area contributed by atoms with E-state index in [0.717, 1.165) is 4.90 Å². The summed E-state index contributed by atoms with van der Waals surface area (Å²) >= 11 is 0. The zero-order valence-electron chi connectivity index (χ0n) is 4.13. The number of amides is 2. The lowest BCUT2D eigenvalue weighted by atomic mass is 10.2. The number of β-lactam (4-membered cyclic amide) rings is 1. The number of imide groups is 1. The molecule has 2 amide bonds. The van der Waals surface area contributed by atoms with E-state index in [2.05, 4.69) is 0 Å². The van der Waals surface area contributed by atoms with Crippen molar-refractivity contribution in [3.05, 3.63) is 0 Å². The van der Waals surface area contributed by atoms with Crippen LogP contribution in [0.15, 0.2) is 0 Å². The predicted octanol–water partition coefficient (Wildman–Crippen LogP) is -0.103. The summed E-state index contributed by atoms with van der Waals surface area (Å²) in [6.45, 7) is 0.369. The van der Waals surface area contributed by atoms with Crippen LogP contribution in [-0.2, 0) is 4.79 Å².